The van der Waals surface area contributed by atoms with E-state index in [0.717, 1.165) is 35.8 Å². The Morgan fingerprint density at radius 2 is 2.33 bits per heavy atom. The Bertz CT molecular complexity index is 342. The Hall–Kier alpha value is -0.740. The number of hydrogen-bond donors (Lipinski definition) is 1. The Morgan fingerprint density at radius 3 is 3.00 bits per heavy atom. The molecule has 0 radical (unpaired) electrons. The number of carbonyl (C=O) groups excluding carboxylic acids is 1. The van der Waals surface area contributed by atoms with E-state index < -0.39 is 0 Å². The van der Waals surface area contributed by atoms with Crippen molar-refractivity contribution in [3.8, 4) is 0 Å². The van der Waals surface area contributed by atoms with Gasteiger partial charge in [-0.1, -0.05) is 6.92 Å². The maximum Gasteiger partial charge on any atom is 0.174 e. The van der Waals surface area contributed by atoms with Crippen molar-refractivity contribution in [3.05, 3.63) is 16.1 Å². The molecule has 1 saturated heterocycles. The zero-order valence-corrected chi connectivity index (χ0v) is 9.77. The van der Waals surface area contributed by atoms with Crippen molar-refractivity contribution in [2.45, 2.75) is 32.1 Å². The van der Waals surface area contributed by atoms with Crippen LogP contribution in [-0.2, 0) is 0 Å². The van der Waals surface area contributed by atoms with Gasteiger partial charge in [0.15, 0.2) is 5.78 Å². The van der Waals surface area contributed by atoms with Crippen molar-refractivity contribution < 1.29 is 4.79 Å². The molecule has 3 nitrogen and oxygen atoms in total. The van der Waals surface area contributed by atoms with Crippen LogP contribution in [0.2, 0.25) is 0 Å². The average Bonchev–Trinajstić information content (AvgIpc) is 2.78. The van der Waals surface area contributed by atoms with Crippen molar-refractivity contribution in [1.82, 2.24) is 10.3 Å². The molecular weight excluding hydrogens is 208 g/mol. The Balaban J connectivity index is 2.08. The zero-order valence-electron chi connectivity index (χ0n) is 8.95. The molecule has 1 aromatic heterocycles. The van der Waals surface area contributed by atoms with Gasteiger partial charge in [-0.25, -0.2) is 4.98 Å². The van der Waals surface area contributed by atoms with Gasteiger partial charge in [0, 0.05) is 18.5 Å². The van der Waals surface area contributed by atoms with E-state index in [9.17, 15) is 4.79 Å². The molecule has 4 heteroatoms. The van der Waals surface area contributed by atoms with Crippen LogP contribution in [0.4, 0.5) is 0 Å². The second-order valence-corrected chi connectivity index (χ2v) is 4.93. The molecule has 1 fully saturated rings. The number of thiazole rings is 1. The lowest BCUT2D eigenvalue weighted by Gasteiger charge is -2.20. The van der Waals surface area contributed by atoms with Crippen LogP contribution in [0.5, 0.6) is 0 Å². The van der Waals surface area contributed by atoms with Crippen LogP contribution >= 0.6 is 11.3 Å². The molecule has 82 valence electrons. The molecule has 0 saturated carbocycles. The van der Waals surface area contributed by atoms with Gasteiger partial charge in [0.2, 0.25) is 0 Å². The molecule has 0 atom stereocenters. The van der Waals surface area contributed by atoms with E-state index in [0.29, 0.717) is 12.3 Å². The minimum atomic E-state index is 0.215. The summed E-state index contributed by atoms with van der Waals surface area (Å²) in [6.07, 6.45) is 4.61. The largest absolute Gasteiger partial charge is 0.317 e. The third-order valence-corrected chi connectivity index (χ3v) is 4.01. The summed E-state index contributed by atoms with van der Waals surface area (Å²) in [5, 5.41) is 4.48. The molecule has 15 heavy (non-hydrogen) atoms. The predicted octanol–water partition coefficient (Wildman–Crippen LogP) is 2.20. The number of aromatic nitrogens is 1. The number of nitrogens with one attached hydrogen (secondary N) is 1. The lowest BCUT2D eigenvalue weighted by atomic mass is 9.99. The van der Waals surface area contributed by atoms with E-state index >= 15 is 0 Å². The smallest absolute Gasteiger partial charge is 0.174 e. The number of nitrogens with zero attached hydrogens (tertiary/aromatic N) is 1. The molecule has 1 aromatic rings. The fourth-order valence-electron chi connectivity index (χ4n) is 1.85. The van der Waals surface area contributed by atoms with Gasteiger partial charge in [-0.15, -0.1) is 11.3 Å². The molecule has 0 aliphatic carbocycles. The van der Waals surface area contributed by atoms with Crippen LogP contribution in [0.1, 0.15) is 46.8 Å². The fourth-order valence-corrected chi connectivity index (χ4v) is 2.95. The third-order valence-electron chi connectivity index (χ3n) is 2.81. The predicted molar refractivity (Wildman–Crippen MR) is 61.6 cm³/mol. The molecule has 0 unspecified atom stereocenters. The second kappa shape index (κ2) is 4.86. The van der Waals surface area contributed by atoms with Gasteiger partial charge in [0.05, 0.1) is 9.88 Å². The Labute approximate surface area is 93.9 Å². The van der Waals surface area contributed by atoms with Gasteiger partial charge >= 0.3 is 0 Å². The monoisotopic (exact) mass is 224 g/mol. The van der Waals surface area contributed by atoms with Gasteiger partial charge in [0.25, 0.3) is 0 Å². The summed E-state index contributed by atoms with van der Waals surface area (Å²) in [4.78, 5) is 16.7. The summed E-state index contributed by atoms with van der Waals surface area (Å²) >= 11 is 1.58. The molecular formula is C11H16N2OS. The number of piperidine rings is 1. The summed E-state index contributed by atoms with van der Waals surface area (Å²) in [5.41, 5.74) is 0. The van der Waals surface area contributed by atoms with Gasteiger partial charge in [-0.05, 0) is 25.9 Å². The van der Waals surface area contributed by atoms with Crippen LogP contribution in [0.3, 0.4) is 0 Å². The van der Waals surface area contributed by atoms with Crippen molar-refractivity contribution in [1.29, 1.82) is 0 Å². The molecule has 0 aromatic carbocycles. The van der Waals surface area contributed by atoms with Crippen molar-refractivity contribution in [2.75, 3.05) is 13.1 Å². The molecule has 2 heterocycles. The fraction of sp³-hybridized carbons (Fsp3) is 0.636. The first-order chi connectivity index (χ1) is 7.31. The molecule has 0 spiro atoms. The van der Waals surface area contributed by atoms with Crippen LogP contribution in [0.25, 0.3) is 0 Å². The topological polar surface area (TPSA) is 42.0 Å². The molecule has 1 aliphatic heterocycles. The number of carbonyl (C=O) groups is 1. The van der Waals surface area contributed by atoms with Crippen LogP contribution in [0, 0.1) is 0 Å². The quantitative estimate of drug-likeness (QED) is 0.800. The van der Waals surface area contributed by atoms with E-state index in [1.807, 2.05) is 6.92 Å². The van der Waals surface area contributed by atoms with Crippen LogP contribution in [-0.4, -0.2) is 23.9 Å². The number of hydrogen-bond acceptors (Lipinski definition) is 4. The number of Topliss-reactive ketones (excluding diaryl/α,β-unsaturated/α-hetero) is 1. The Morgan fingerprint density at radius 1 is 1.60 bits per heavy atom. The van der Waals surface area contributed by atoms with Gasteiger partial charge in [-0.3, -0.25) is 4.79 Å². The van der Waals surface area contributed by atoms with Gasteiger partial charge in [-0.2, -0.15) is 0 Å². The number of rotatable bonds is 3. The lowest BCUT2D eigenvalue weighted by Crippen LogP contribution is -2.26. The summed E-state index contributed by atoms with van der Waals surface area (Å²) in [7, 11) is 0. The summed E-state index contributed by atoms with van der Waals surface area (Å²) in [6.45, 7) is 4.04. The van der Waals surface area contributed by atoms with E-state index in [2.05, 4.69) is 10.3 Å². The second-order valence-electron chi connectivity index (χ2n) is 3.86. The maximum absolute atomic E-state index is 11.5. The van der Waals surface area contributed by atoms with E-state index in [4.69, 9.17) is 0 Å². The highest BCUT2D eigenvalue weighted by Gasteiger charge is 2.19. The summed E-state index contributed by atoms with van der Waals surface area (Å²) < 4.78 is 0. The SMILES string of the molecule is CCC(=O)c1cnc(C2CCNCC2)s1. The Kier molecular flexibility index (Phi) is 3.49. The van der Waals surface area contributed by atoms with E-state index in [1.54, 1.807) is 17.5 Å². The average molecular weight is 224 g/mol. The highest BCUT2D eigenvalue weighted by Crippen LogP contribution is 2.29. The van der Waals surface area contributed by atoms with Crippen LogP contribution < -0.4 is 5.32 Å². The van der Waals surface area contributed by atoms with Crippen molar-refractivity contribution in [3.63, 3.8) is 0 Å². The molecule has 0 amide bonds. The zero-order chi connectivity index (χ0) is 10.7. The van der Waals surface area contributed by atoms with E-state index in [1.165, 1.54) is 0 Å². The third kappa shape index (κ3) is 2.44. The maximum atomic E-state index is 11.5. The van der Waals surface area contributed by atoms with Gasteiger partial charge < -0.3 is 5.32 Å². The standard InChI is InChI=1S/C11H16N2OS/c1-2-9(14)10-7-13-11(15-10)8-3-5-12-6-4-8/h7-8,12H,2-6H2,1H3. The molecule has 0 bridgehead atoms. The minimum Gasteiger partial charge on any atom is -0.317 e. The van der Waals surface area contributed by atoms with Crippen LogP contribution in [0.15, 0.2) is 6.20 Å². The summed E-state index contributed by atoms with van der Waals surface area (Å²) in [5.74, 6) is 0.780. The lowest BCUT2D eigenvalue weighted by molar-refractivity contribution is 0.0992. The molecule has 1 N–H and O–H groups in total. The first-order valence-corrected chi connectivity index (χ1v) is 6.32. The van der Waals surface area contributed by atoms with E-state index in [-0.39, 0.29) is 5.78 Å². The highest BCUT2D eigenvalue weighted by atomic mass is 32.1. The molecule has 1 aliphatic rings. The summed E-state index contributed by atoms with van der Waals surface area (Å²) in [6, 6.07) is 0. The van der Waals surface area contributed by atoms with Crippen molar-refractivity contribution >= 4 is 17.1 Å². The normalized spacial score (nSPS) is 17.9. The molecule has 2 rings (SSSR count). The first kappa shape index (κ1) is 10.8. The first-order valence-electron chi connectivity index (χ1n) is 5.51. The minimum absolute atomic E-state index is 0.215. The number of ketones is 1. The van der Waals surface area contributed by atoms with Gasteiger partial charge in [0.1, 0.15) is 0 Å². The highest BCUT2D eigenvalue weighted by molar-refractivity contribution is 7.13. The van der Waals surface area contributed by atoms with Crippen molar-refractivity contribution in [2.24, 2.45) is 0 Å².